The van der Waals surface area contributed by atoms with E-state index >= 15 is 0 Å². The fourth-order valence-corrected chi connectivity index (χ4v) is 3.26. The molecule has 0 aromatic carbocycles. The van der Waals surface area contributed by atoms with Crippen LogP contribution in [-0.4, -0.2) is 12.6 Å². The van der Waals surface area contributed by atoms with Gasteiger partial charge < -0.3 is 5.32 Å². The molecule has 0 spiro atoms. The van der Waals surface area contributed by atoms with Gasteiger partial charge in [0.25, 0.3) is 0 Å². The van der Waals surface area contributed by atoms with Gasteiger partial charge in [0, 0.05) is 6.04 Å². The molecule has 0 amide bonds. The van der Waals surface area contributed by atoms with Crippen LogP contribution >= 0.6 is 0 Å². The lowest BCUT2D eigenvalue weighted by Crippen LogP contribution is -2.40. The summed E-state index contributed by atoms with van der Waals surface area (Å²) in [6, 6.07) is 0.828. The standard InChI is InChI=1S/C13H25N/c1-11-5-6-12(14-10-11)9-13(2)7-3-4-8-13/h11-12,14H,3-10H2,1-2H3. The van der Waals surface area contributed by atoms with Gasteiger partial charge in [-0.1, -0.05) is 26.7 Å². The first kappa shape index (κ1) is 10.5. The van der Waals surface area contributed by atoms with Crippen molar-refractivity contribution in [1.29, 1.82) is 0 Å². The summed E-state index contributed by atoms with van der Waals surface area (Å²) in [6.07, 6.45) is 10.2. The second-order valence-corrected chi connectivity index (χ2v) is 6.01. The predicted molar refractivity (Wildman–Crippen MR) is 61.4 cm³/mol. The summed E-state index contributed by atoms with van der Waals surface area (Å²) in [6.45, 7) is 6.11. The Balaban J connectivity index is 1.79. The molecule has 1 saturated heterocycles. The Bertz CT molecular complexity index is 174. The second kappa shape index (κ2) is 4.22. The van der Waals surface area contributed by atoms with Gasteiger partial charge in [0.1, 0.15) is 0 Å². The Morgan fingerprint density at radius 3 is 2.50 bits per heavy atom. The van der Waals surface area contributed by atoms with E-state index in [2.05, 4.69) is 19.2 Å². The van der Waals surface area contributed by atoms with Gasteiger partial charge in [-0.2, -0.15) is 0 Å². The van der Waals surface area contributed by atoms with Crippen LogP contribution in [0.5, 0.6) is 0 Å². The smallest absolute Gasteiger partial charge is 0.00724 e. The number of nitrogens with one attached hydrogen (secondary N) is 1. The number of hydrogen-bond acceptors (Lipinski definition) is 1. The van der Waals surface area contributed by atoms with Crippen molar-refractivity contribution >= 4 is 0 Å². The largest absolute Gasteiger partial charge is 0.314 e. The van der Waals surface area contributed by atoms with Gasteiger partial charge in [0.15, 0.2) is 0 Å². The third-order valence-corrected chi connectivity index (χ3v) is 4.31. The first-order valence-electron chi connectivity index (χ1n) is 6.41. The van der Waals surface area contributed by atoms with E-state index in [9.17, 15) is 0 Å². The maximum Gasteiger partial charge on any atom is 0.00724 e. The quantitative estimate of drug-likeness (QED) is 0.712. The van der Waals surface area contributed by atoms with Crippen molar-refractivity contribution in [3.05, 3.63) is 0 Å². The van der Waals surface area contributed by atoms with Crippen molar-refractivity contribution in [2.75, 3.05) is 6.54 Å². The van der Waals surface area contributed by atoms with E-state index in [0.29, 0.717) is 5.41 Å². The van der Waals surface area contributed by atoms with Crippen molar-refractivity contribution in [3.8, 4) is 0 Å². The molecule has 1 aliphatic heterocycles. The minimum atomic E-state index is 0.679. The molecule has 14 heavy (non-hydrogen) atoms. The Labute approximate surface area is 88.7 Å². The zero-order chi connectivity index (χ0) is 10.0. The third kappa shape index (κ3) is 2.50. The molecule has 2 fully saturated rings. The summed E-state index contributed by atoms with van der Waals surface area (Å²) < 4.78 is 0. The zero-order valence-corrected chi connectivity index (χ0v) is 9.81. The van der Waals surface area contributed by atoms with Crippen LogP contribution in [0.2, 0.25) is 0 Å². The van der Waals surface area contributed by atoms with Crippen molar-refractivity contribution < 1.29 is 0 Å². The highest BCUT2D eigenvalue weighted by atomic mass is 14.9. The van der Waals surface area contributed by atoms with Crippen molar-refractivity contribution in [3.63, 3.8) is 0 Å². The lowest BCUT2D eigenvalue weighted by molar-refractivity contribution is 0.218. The van der Waals surface area contributed by atoms with Gasteiger partial charge in [-0.3, -0.25) is 0 Å². The van der Waals surface area contributed by atoms with Crippen molar-refractivity contribution in [2.24, 2.45) is 11.3 Å². The normalized spacial score (nSPS) is 37.3. The average molecular weight is 195 g/mol. The second-order valence-electron chi connectivity index (χ2n) is 6.01. The molecule has 1 aliphatic carbocycles. The summed E-state index contributed by atoms with van der Waals surface area (Å²) in [4.78, 5) is 0. The van der Waals surface area contributed by atoms with E-state index in [1.165, 1.54) is 51.5 Å². The first-order valence-corrected chi connectivity index (χ1v) is 6.41. The van der Waals surface area contributed by atoms with E-state index in [1.807, 2.05) is 0 Å². The molecule has 82 valence electrons. The Morgan fingerprint density at radius 2 is 1.93 bits per heavy atom. The topological polar surface area (TPSA) is 12.0 Å². The Morgan fingerprint density at radius 1 is 1.21 bits per heavy atom. The third-order valence-electron chi connectivity index (χ3n) is 4.31. The highest BCUT2D eigenvalue weighted by molar-refractivity contribution is 4.87. The lowest BCUT2D eigenvalue weighted by atomic mass is 9.79. The molecule has 1 N–H and O–H groups in total. The van der Waals surface area contributed by atoms with Crippen LogP contribution in [0.3, 0.4) is 0 Å². The van der Waals surface area contributed by atoms with Crippen LogP contribution < -0.4 is 5.32 Å². The highest BCUT2D eigenvalue weighted by Gasteiger charge is 2.32. The minimum absolute atomic E-state index is 0.679. The van der Waals surface area contributed by atoms with Crippen LogP contribution in [0.15, 0.2) is 0 Å². The van der Waals surface area contributed by atoms with Crippen LogP contribution in [0.1, 0.15) is 58.8 Å². The Kier molecular flexibility index (Phi) is 3.16. The van der Waals surface area contributed by atoms with E-state index in [0.717, 1.165) is 12.0 Å². The fourth-order valence-electron chi connectivity index (χ4n) is 3.26. The van der Waals surface area contributed by atoms with E-state index in [-0.39, 0.29) is 0 Å². The number of hydrogen-bond donors (Lipinski definition) is 1. The zero-order valence-electron chi connectivity index (χ0n) is 9.81. The summed E-state index contributed by atoms with van der Waals surface area (Å²) in [5.41, 5.74) is 0.679. The van der Waals surface area contributed by atoms with E-state index in [4.69, 9.17) is 0 Å². The van der Waals surface area contributed by atoms with Gasteiger partial charge in [-0.15, -0.1) is 0 Å². The van der Waals surface area contributed by atoms with E-state index < -0.39 is 0 Å². The predicted octanol–water partition coefficient (Wildman–Crippen LogP) is 3.34. The monoisotopic (exact) mass is 195 g/mol. The molecular formula is C13H25N. The van der Waals surface area contributed by atoms with Gasteiger partial charge in [0.05, 0.1) is 0 Å². The molecular weight excluding hydrogens is 170 g/mol. The molecule has 1 heterocycles. The van der Waals surface area contributed by atoms with Gasteiger partial charge >= 0.3 is 0 Å². The molecule has 1 nitrogen and oxygen atoms in total. The molecule has 2 atom stereocenters. The van der Waals surface area contributed by atoms with Crippen LogP contribution in [0.4, 0.5) is 0 Å². The van der Waals surface area contributed by atoms with E-state index in [1.54, 1.807) is 0 Å². The number of rotatable bonds is 2. The maximum atomic E-state index is 3.72. The first-order chi connectivity index (χ1) is 6.68. The van der Waals surface area contributed by atoms with Crippen LogP contribution in [0, 0.1) is 11.3 Å². The van der Waals surface area contributed by atoms with Crippen molar-refractivity contribution in [1.82, 2.24) is 5.32 Å². The Hall–Kier alpha value is -0.0400. The fraction of sp³-hybridized carbons (Fsp3) is 1.00. The summed E-state index contributed by atoms with van der Waals surface area (Å²) in [5.74, 6) is 0.905. The van der Waals surface area contributed by atoms with Gasteiger partial charge in [0.2, 0.25) is 0 Å². The molecule has 0 aromatic heterocycles. The summed E-state index contributed by atoms with van der Waals surface area (Å²) in [5, 5.41) is 3.72. The van der Waals surface area contributed by atoms with Crippen LogP contribution in [-0.2, 0) is 0 Å². The molecule has 0 aromatic rings. The minimum Gasteiger partial charge on any atom is -0.314 e. The molecule has 2 rings (SSSR count). The average Bonchev–Trinajstić information content (AvgIpc) is 2.57. The summed E-state index contributed by atoms with van der Waals surface area (Å²) >= 11 is 0. The highest BCUT2D eigenvalue weighted by Crippen LogP contribution is 2.42. The van der Waals surface area contributed by atoms with Gasteiger partial charge in [-0.25, -0.2) is 0 Å². The lowest BCUT2D eigenvalue weighted by Gasteiger charge is -2.34. The molecule has 2 unspecified atom stereocenters. The van der Waals surface area contributed by atoms with Crippen molar-refractivity contribution in [2.45, 2.75) is 64.8 Å². The number of piperidine rings is 1. The summed E-state index contributed by atoms with van der Waals surface area (Å²) in [7, 11) is 0. The molecule has 1 saturated carbocycles. The SMILES string of the molecule is CC1CCC(CC2(C)CCCC2)NC1. The molecule has 2 aliphatic rings. The molecule has 1 heteroatoms. The maximum absolute atomic E-state index is 3.72. The van der Waals surface area contributed by atoms with Gasteiger partial charge in [-0.05, 0) is 50.0 Å². The molecule has 0 radical (unpaired) electrons. The van der Waals surface area contributed by atoms with Crippen LogP contribution in [0.25, 0.3) is 0 Å². The molecule has 0 bridgehead atoms.